The highest BCUT2D eigenvalue weighted by Gasteiger charge is 2.29. The number of hydrogen-bond acceptors (Lipinski definition) is 5. The Labute approximate surface area is 131 Å². The third-order valence-electron chi connectivity index (χ3n) is 4.16. The van der Waals surface area contributed by atoms with Gasteiger partial charge in [0, 0.05) is 25.0 Å². The Kier molecular flexibility index (Phi) is 4.49. The van der Waals surface area contributed by atoms with Crippen LogP contribution < -0.4 is 0 Å². The summed E-state index contributed by atoms with van der Waals surface area (Å²) in [5.74, 6) is 0.949. The first-order valence-corrected chi connectivity index (χ1v) is 7.83. The molecule has 118 valence electrons. The summed E-state index contributed by atoms with van der Waals surface area (Å²) in [6.07, 6.45) is 5.96. The highest BCUT2D eigenvalue weighted by molar-refractivity contribution is 5.11. The minimum atomic E-state index is 0.304. The third-order valence-corrected chi connectivity index (χ3v) is 4.16. The summed E-state index contributed by atoms with van der Waals surface area (Å²) >= 11 is 0. The molecule has 1 aliphatic heterocycles. The van der Waals surface area contributed by atoms with Crippen molar-refractivity contribution in [1.82, 2.24) is 29.7 Å². The molecule has 1 aliphatic rings. The van der Waals surface area contributed by atoms with Gasteiger partial charge >= 0.3 is 0 Å². The van der Waals surface area contributed by atoms with Gasteiger partial charge < -0.3 is 9.88 Å². The van der Waals surface area contributed by atoms with Crippen LogP contribution in [0, 0.1) is 6.92 Å². The Morgan fingerprint density at radius 3 is 2.95 bits per heavy atom. The Hall–Kier alpha value is -1.79. The summed E-state index contributed by atoms with van der Waals surface area (Å²) in [6.45, 7) is 4.86. The van der Waals surface area contributed by atoms with Gasteiger partial charge in [-0.25, -0.2) is 15.0 Å². The number of aromatic nitrogens is 4. The van der Waals surface area contributed by atoms with Crippen LogP contribution in [0.3, 0.4) is 0 Å². The number of nitrogens with one attached hydrogen (secondary N) is 1. The van der Waals surface area contributed by atoms with E-state index in [-0.39, 0.29) is 0 Å². The van der Waals surface area contributed by atoms with Gasteiger partial charge in [0.2, 0.25) is 0 Å². The van der Waals surface area contributed by atoms with Gasteiger partial charge in [-0.3, -0.25) is 4.90 Å². The molecule has 0 aromatic carbocycles. The van der Waals surface area contributed by atoms with Crippen molar-refractivity contribution in [2.45, 2.75) is 38.9 Å². The van der Waals surface area contributed by atoms with E-state index in [4.69, 9.17) is 4.98 Å². The topological polar surface area (TPSA) is 60.9 Å². The van der Waals surface area contributed by atoms with Gasteiger partial charge in [0.25, 0.3) is 0 Å². The zero-order chi connectivity index (χ0) is 15.5. The molecule has 0 radical (unpaired) electrons. The molecule has 2 aromatic rings. The van der Waals surface area contributed by atoms with Crippen molar-refractivity contribution in [2.75, 3.05) is 20.6 Å². The van der Waals surface area contributed by atoms with Crippen LogP contribution in [0.15, 0.2) is 18.6 Å². The minimum Gasteiger partial charge on any atom is -0.348 e. The van der Waals surface area contributed by atoms with E-state index < -0.39 is 0 Å². The molecular formula is C16H24N6. The molecule has 22 heavy (non-hydrogen) atoms. The lowest BCUT2D eigenvalue weighted by Gasteiger charge is -2.23. The summed E-state index contributed by atoms with van der Waals surface area (Å²) in [4.78, 5) is 21.5. The molecule has 0 spiro atoms. The fourth-order valence-corrected chi connectivity index (χ4v) is 3.03. The molecule has 3 rings (SSSR count). The van der Waals surface area contributed by atoms with Gasteiger partial charge in [0.1, 0.15) is 5.82 Å². The summed E-state index contributed by atoms with van der Waals surface area (Å²) in [5.41, 5.74) is 3.35. The summed E-state index contributed by atoms with van der Waals surface area (Å²) in [5, 5.41) is 0. The maximum Gasteiger partial charge on any atom is 0.145 e. The van der Waals surface area contributed by atoms with Crippen molar-refractivity contribution in [3.63, 3.8) is 0 Å². The van der Waals surface area contributed by atoms with Gasteiger partial charge in [0.15, 0.2) is 0 Å². The molecule has 6 heteroatoms. The highest BCUT2D eigenvalue weighted by atomic mass is 15.2. The second-order valence-corrected chi connectivity index (χ2v) is 6.25. The smallest absolute Gasteiger partial charge is 0.145 e. The highest BCUT2D eigenvalue weighted by Crippen LogP contribution is 2.31. The maximum absolute atomic E-state index is 4.77. The molecule has 6 nitrogen and oxygen atoms in total. The average molecular weight is 300 g/mol. The zero-order valence-corrected chi connectivity index (χ0v) is 13.6. The SMILES string of the molecule is Cc1[nH]cnc1CN1CCC[C@H]1c1nccc(CN(C)C)n1. The lowest BCUT2D eigenvalue weighted by Crippen LogP contribution is -2.25. The van der Waals surface area contributed by atoms with Crippen molar-refractivity contribution >= 4 is 0 Å². The molecule has 1 N–H and O–H groups in total. The van der Waals surface area contributed by atoms with Crippen LogP contribution in [0.4, 0.5) is 0 Å². The number of aromatic amines is 1. The van der Waals surface area contributed by atoms with E-state index in [0.29, 0.717) is 6.04 Å². The lowest BCUT2D eigenvalue weighted by atomic mass is 10.2. The number of rotatable bonds is 5. The molecule has 3 heterocycles. The van der Waals surface area contributed by atoms with Crippen LogP contribution in [0.25, 0.3) is 0 Å². The second kappa shape index (κ2) is 6.54. The molecule has 0 saturated carbocycles. The van der Waals surface area contributed by atoms with Crippen LogP contribution >= 0.6 is 0 Å². The van der Waals surface area contributed by atoms with Gasteiger partial charge in [0.05, 0.1) is 23.8 Å². The molecule has 1 fully saturated rings. The van der Waals surface area contributed by atoms with Crippen LogP contribution in [-0.2, 0) is 13.1 Å². The molecule has 0 aliphatic carbocycles. The zero-order valence-electron chi connectivity index (χ0n) is 13.6. The Morgan fingerprint density at radius 2 is 2.23 bits per heavy atom. The van der Waals surface area contributed by atoms with E-state index in [1.807, 2.05) is 12.3 Å². The summed E-state index contributed by atoms with van der Waals surface area (Å²) in [6, 6.07) is 2.30. The Balaban J connectivity index is 1.76. The number of aryl methyl sites for hydroxylation is 1. The summed E-state index contributed by atoms with van der Waals surface area (Å²) < 4.78 is 0. The molecule has 1 atom stereocenters. The first kappa shape index (κ1) is 15.1. The summed E-state index contributed by atoms with van der Waals surface area (Å²) in [7, 11) is 4.12. The minimum absolute atomic E-state index is 0.304. The number of hydrogen-bond donors (Lipinski definition) is 1. The molecule has 0 bridgehead atoms. The normalized spacial score (nSPS) is 19.2. The fraction of sp³-hybridized carbons (Fsp3) is 0.562. The molecule has 0 amide bonds. The average Bonchev–Trinajstić information content (AvgIpc) is 3.09. The molecular weight excluding hydrogens is 276 g/mol. The number of imidazole rings is 1. The predicted octanol–water partition coefficient (Wildman–Crippen LogP) is 1.91. The fourth-order valence-electron chi connectivity index (χ4n) is 3.03. The first-order chi connectivity index (χ1) is 10.6. The number of likely N-dealkylation sites (tertiary alicyclic amines) is 1. The van der Waals surface area contributed by atoms with Gasteiger partial charge in [-0.15, -0.1) is 0 Å². The predicted molar refractivity (Wildman–Crippen MR) is 85.1 cm³/mol. The molecule has 1 saturated heterocycles. The largest absolute Gasteiger partial charge is 0.348 e. The van der Waals surface area contributed by atoms with E-state index in [1.54, 1.807) is 6.33 Å². The quantitative estimate of drug-likeness (QED) is 0.914. The maximum atomic E-state index is 4.77. The van der Waals surface area contributed by atoms with Gasteiger partial charge in [-0.2, -0.15) is 0 Å². The van der Waals surface area contributed by atoms with Crippen LogP contribution in [0.1, 0.15) is 41.8 Å². The molecule has 2 aromatic heterocycles. The number of nitrogens with zero attached hydrogens (tertiary/aromatic N) is 5. The first-order valence-electron chi connectivity index (χ1n) is 7.83. The lowest BCUT2D eigenvalue weighted by molar-refractivity contribution is 0.236. The van der Waals surface area contributed by atoms with E-state index in [9.17, 15) is 0 Å². The molecule has 0 unspecified atom stereocenters. The van der Waals surface area contributed by atoms with Crippen LogP contribution in [0.5, 0.6) is 0 Å². The van der Waals surface area contributed by atoms with Crippen molar-refractivity contribution in [3.8, 4) is 0 Å². The van der Waals surface area contributed by atoms with Crippen molar-refractivity contribution in [2.24, 2.45) is 0 Å². The van der Waals surface area contributed by atoms with E-state index in [0.717, 1.165) is 49.0 Å². The van der Waals surface area contributed by atoms with Gasteiger partial charge in [-0.05, 0) is 46.5 Å². The monoisotopic (exact) mass is 300 g/mol. The Morgan fingerprint density at radius 1 is 1.36 bits per heavy atom. The van der Waals surface area contributed by atoms with E-state index >= 15 is 0 Å². The second-order valence-electron chi connectivity index (χ2n) is 6.25. The van der Waals surface area contributed by atoms with Crippen molar-refractivity contribution in [1.29, 1.82) is 0 Å². The standard InChI is InChI=1S/C16H24N6/c1-12-14(19-11-18-12)10-22-8-4-5-15(22)16-17-7-6-13(20-16)9-21(2)3/h6-7,11,15H,4-5,8-10H2,1-3H3,(H,18,19)/t15-/m0/s1. The van der Waals surface area contributed by atoms with Crippen molar-refractivity contribution in [3.05, 3.63) is 41.5 Å². The van der Waals surface area contributed by atoms with Crippen molar-refractivity contribution < 1.29 is 0 Å². The van der Waals surface area contributed by atoms with E-state index in [2.05, 4.69) is 45.8 Å². The van der Waals surface area contributed by atoms with Gasteiger partial charge in [-0.1, -0.05) is 0 Å². The van der Waals surface area contributed by atoms with Crippen LogP contribution in [-0.4, -0.2) is 50.4 Å². The Bertz CT molecular complexity index is 621. The van der Waals surface area contributed by atoms with E-state index in [1.165, 1.54) is 6.42 Å². The third kappa shape index (κ3) is 3.34. The number of H-pyrrole nitrogens is 1. The van der Waals surface area contributed by atoms with Crippen LogP contribution in [0.2, 0.25) is 0 Å².